The molecule has 1 N–H and O–H groups in total. The molecule has 1 aliphatic rings. The van der Waals surface area contributed by atoms with Gasteiger partial charge < -0.3 is 5.32 Å². The topological polar surface area (TPSA) is 12.0 Å². The Morgan fingerprint density at radius 1 is 1.30 bits per heavy atom. The van der Waals surface area contributed by atoms with Crippen LogP contribution in [0.4, 0.5) is 0 Å². The van der Waals surface area contributed by atoms with Crippen LogP contribution in [-0.4, -0.2) is 12.1 Å². The maximum atomic E-state index is 3.77. The summed E-state index contributed by atoms with van der Waals surface area (Å²) in [5.41, 5.74) is 4.36. The zero-order valence-electron chi connectivity index (χ0n) is 12.3. The molecule has 106 valence electrons. The van der Waals surface area contributed by atoms with Crippen LogP contribution in [0.15, 0.2) is 41.1 Å². The van der Waals surface area contributed by atoms with Crippen molar-refractivity contribution >= 4 is 11.3 Å². The van der Waals surface area contributed by atoms with Crippen LogP contribution >= 0.6 is 11.3 Å². The monoisotopic (exact) mass is 285 g/mol. The van der Waals surface area contributed by atoms with Gasteiger partial charge in [0.15, 0.2) is 0 Å². The van der Waals surface area contributed by atoms with Crippen LogP contribution in [0.25, 0.3) is 0 Å². The molecule has 2 aromatic rings. The smallest absolute Gasteiger partial charge is 0.00820 e. The molecule has 1 heterocycles. The van der Waals surface area contributed by atoms with Gasteiger partial charge in [0.05, 0.1) is 0 Å². The average molecular weight is 285 g/mol. The minimum absolute atomic E-state index is 0.577. The van der Waals surface area contributed by atoms with E-state index in [1.165, 1.54) is 29.5 Å². The molecule has 0 aliphatic heterocycles. The van der Waals surface area contributed by atoms with Crippen molar-refractivity contribution < 1.29 is 0 Å². The van der Waals surface area contributed by atoms with Gasteiger partial charge in [-0.3, -0.25) is 0 Å². The first kappa shape index (κ1) is 13.8. The molecule has 0 spiro atoms. The number of hydrogen-bond acceptors (Lipinski definition) is 2. The molecule has 1 aromatic heterocycles. The molecule has 1 saturated carbocycles. The molecule has 1 unspecified atom stereocenters. The zero-order valence-corrected chi connectivity index (χ0v) is 13.1. The molecule has 1 atom stereocenters. The summed E-state index contributed by atoms with van der Waals surface area (Å²) in [7, 11) is 0. The van der Waals surface area contributed by atoms with Gasteiger partial charge in [-0.25, -0.2) is 0 Å². The number of rotatable bonds is 5. The minimum atomic E-state index is 0.577. The van der Waals surface area contributed by atoms with Crippen LogP contribution in [-0.2, 0) is 6.42 Å². The quantitative estimate of drug-likeness (QED) is 0.851. The Morgan fingerprint density at radius 3 is 2.85 bits per heavy atom. The SMILES string of the molecule is Cc1cccc(C2CC(NC(C)Cc3ccsc3)C2)c1. The van der Waals surface area contributed by atoms with Gasteiger partial charge >= 0.3 is 0 Å². The number of thiophene rings is 1. The lowest BCUT2D eigenvalue weighted by atomic mass is 9.75. The zero-order chi connectivity index (χ0) is 13.9. The van der Waals surface area contributed by atoms with Crippen LogP contribution in [0.2, 0.25) is 0 Å². The maximum Gasteiger partial charge on any atom is 0.00820 e. The van der Waals surface area contributed by atoms with E-state index in [0.717, 1.165) is 12.3 Å². The fourth-order valence-electron chi connectivity index (χ4n) is 3.17. The molecule has 3 rings (SSSR count). The maximum absolute atomic E-state index is 3.77. The number of nitrogens with one attached hydrogen (secondary N) is 1. The van der Waals surface area contributed by atoms with Gasteiger partial charge in [0.25, 0.3) is 0 Å². The van der Waals surface area contributed by atoms with E-state index in [1.807, 2.05) is 0 Å². The molecule has 1 nitrogen and oxygen atoms in total. The average Bonchev–Trinajstić information content (AvgIpc) is 2.86. The Balaban J connectivity index is 1.46. The molecule has 20 heavy (non-hydrogen) atoms. The number of benzene rings is 1. The van der Waals surface area contributed by atoms with Crippen LogP contribution in [0, 0.1) is 6.92 Å². The third kappa shape index (κ3) is 3.31. The second-order valence-corrected chi connectivity index (χ2v) is 6.96. The molecular formula is C18H23NS. The van der Waals surface area contributed by atoms with Crippen LogP contribution < -0.4 is 5.32 Å². The minimum Gasteiger partial charge on any atom is -0.311 e. The van der Waals surface area contributed by atoms with Crippen LogP contribution in [0.5, 0.6) is 0 Å². The summed E-state index contributed by atoms with van der Waals surface area (Å²) in [5, 5.41) is 8.20. The summed E-state index contributed by atoms with van der Waals surface area (Å²) >= 11 is 1.79. The van der Waals surface area contributed by atoms with Gasteiger partial charge in [-0.1, -0.05) is 29.8 Å². The summed E-state index contributed by atoms with van der Waals surface area (Å²) < 4.78 is 0. The summed E-state index contributed by atoms with van der Waals surface area (Å²) in [6.45, 7) is 4.48. The Kier molecular flexibility index (Phi) is 4.23. The van der Waals surface area contributed by atoms with E-state index < -0.39 is 0 Å². The van der Waals surface area contributed by atoms with E-state index in [-0.39, 0.29) is 0 Å². The Bertz CT molecular complexity index is 540. The van der Waals surface area contributed by atoms with Crippen molar-refractivity contribution in [3.05, 3.63) is 57.8 Å². The lowest BCUT2D eigenvalue weighted by molar-refractivity contribution is 0.269. The highest BCUT2D eigenvalue weighted by molar-refractivity contribution is 7.07. The molecule has 0 bridgehead atoms. The number of aryl methyl sites for hydroxylation is 1. The molecule has 0 radical (unpaired) electrons. The molecule has 1 aliphatic carbocycles. The third-order valence-corrected chi connectivity index (χ3v) is 5.03. The van der Waals surface area contributed by atoms with Crippen molar-refractivity contribution in [3.63, 3.8) is 0 Å². The lowest BCUT2D eigenvalue weighted by Crippen LogP contribution is -2.45. The van der Waals surface area contributed by atoms with E-state index in [0.29, 0.717) is 12.1 Å². The van der Waals surface area contributed by atoms with Crippen molar-refractivity contribution in [2.45, 2.75) is 51.1 Å². The molecule has 1 aromatic carbocycles. The first-order chi connectivity index (χ1) is 9.70. The summed E-state index contributed by atoms with van der Waals surface area (Å²) in [4.78, 5) is 0. The Labute approximate surface area is 126 Å². The van der Waals surface area contributed by atoms with E-state index >= 15 is 0 Å². The molecule has 2 heteroatoms. The predicted octanol–water partition coefficient (Wildman–Crippen LogP) is 4.52. The van der Waals surface area contributed by atoms with Gasteiger partial charge in [-0.15, -0.1) is 0 Å². The van der Waals surface area contributed by atoms with Gasteiger partial charge in [-0.2, -0.15) is 11.3 Å². The van der Waals surface area contributed by atoms with Gasteiger partial charge in [0, 0.05) is 12.1 Å². The van der Waals surface area contributed by atoms with Gasteiger partial charge in [-0.05, 0) is 67.0 Å². The van der Waals surface area contributed by atoms with Crippen molar-refractivity contribution in [1.29, 1.82) is 0 Å². The summed E-state index contributed by atoms with van der Waals surface area (Å²) in [6.07, 6.45) is 3.73. The summed E-state index contributed by atoms with van der Waals surface area (Å²) in [5.74, 6) is 0.765. The highest BCUT2D eigenvalue weighted by atomic mass is 32.1. The molecule has 0 saturated heterocycles. The van der Waals surface area contributed by atoms with E-state index in [2.05, 4.69) is 60.3 Å². The van der Waals surface area contributed by atoms with Crippen LogP contribution in [0.3, 0.4) is 0 Å². The summed E-state index contributed by atoms with van der Waals surface area (Å²) in [6, 6.07) is 12.5. The van der Waals surface area contributed by atoms with Crippen molar-refractivity contribution in [2.24, 2.45) is 0 Å². The Hall–Kier alpha value is -1.12. The first-order valence-electron chi connectivity index (χ1n) is 7.54. The van der Waals surface area contributed by atoms with Crippen molar-refractivity contribution in [1.82, 2.24) is 5.32 Å². The van der Waals surface area contributed by atoms with E-state index in [4.69, 9.17) is 0 Å². The second-order valence-electron chi connectivity index (χ2n) is 6.18. The molecular weight excluding hydrogens is 262 g/mol. The highest BCUT2D eigenvalue weighted by Crippen LogP contribution is 2.37. The highest BCUT2D eigenvalue weighted by Gasteiger charge is 2.30. The second kappa shape index (κ2) is 6.11. The van der Waals surface area contributed by atoms with Crippen molar-refractivity contribution in [2.75, 3.05) is 0 Å². The fraction of sp³-hybridized carbons (Fsp3) is 0.444. The predicted molar refractivity (Wildman–Crippen MR) is 87.6 cm³/mol. The van der Waals surface area contributed by atoms with Crippen molar-refractivity contribution in [3.8, 4) is 0 Å². The third-order valence-electron chi connectivity index (χ3n) is 4.29. The van der Waals surface area contributed by atoms with E-state index in [1.54, 1.807) is 11.3 Å². The largest absolute Gasteiger partial charge is 0.311 e. The molecule has 0 amide bonds. The number of hydrogen-bond donors (Lipinski definition) is 1. The standard InChI is InChI=1S/C18H23NS/c1-13-4-3-5-16(8-13)17-10-18(11-17)19-14(2)9-15-6-7-20-12-15/h3-8,12,14,17-19H,9-11H2,1-2H3. The fourth-order valence-corrected chi connectivity index (χ4v) is 3.86. The van der Waals surface area contributed by atoms with Crippen LogP contribution in [0.1, 0.15) is 42.4 Å². The van der Waals surface area contributed by atoms with E-state index in [9.17, 15) is 0 Å². The lowest BCUT2D eigenvalue weighted by Gasteiger charge is -2.38. The Morgan fingerprint density at radius 2 is 2.15 bits per heavy atom. The first-order valence-corrected chi connectivity index (χ1v) is 8.48. The normalized spacial score (nSPS) is 23.3. The molecule has 1 fully saturated rings. The van der Waals surface area contributed by atoms with Gasteiger partial charge in [0.1, 0.15) is 0 Å². The van der Waals surface area contributed by atoms with Gasteiger partial charge in [0.2, 0.25) is 0 Å².